The van der Waals surface area contributed by atoms with Gasteiger partial charge in [0.05, 0.1) is 6.61 Å². The van der Waals surface area contributed by atoms with Gasteiger partial charge < -0.3 is 14.6 Å². The van der Waals surface area contributed by atoms with Gasteiger partial charge in [0, 0.05) is 11.9 Å². The van der Waals surface area contributed by atoms with Crippen molar-refractivity contribution >= 4 is 11.6 Å². The van der Waals surface area contributed by atoms with Gasteiger partial charge in [0.25, 0.3) is 5.56 Å². The Morgan fingerprint density at radius 2 is 2.09 bits per heavy atom. The van der Waals surface area contributed by atoms with Gasteiger partial charge in [0.1, 0.15) is 6.54 Å². The lowest BCUT2D eigenvalue weighted by molar-refractivity contribution is -0.116. The van der Waals surface area contributed by atoms with Crippen molar-refractivity contribution in [3.05, 3.63) is 58.5 Å². The first-order valence-electron chi connectivity index (χ1n) is 7.29. The maximum Gasteiger partial charge on any atom is 0.293 e. The summed E-state index contributed by atoms with van der Waals surface area (Å²) < 4.78 is 6.72. The van der Waals surface area contributed by atoms with Gasteiger partial charge in [-0.25, -0.2) is 0 Å². The molecule has 116 valence electrons. The van der Waals surface area contributed by atoms with Crippen molar-refractivity contribution < 1.29 is 9.53 Å². The lowest BCUT2D eigenvalue weighted by atomic mass is 10.2. The van der Waals surface area contributed by atoms with Crippen LogP contribution in [0, 0.1) is 6.92 Å². The normalized spacial score (nSPS) is 10.3. The van der Waals surface area contributed by atoms with Crippen LogP contribution in [-0.4, -0.2) is 17.1 Å². The van der Waals surface area contributed by atoms with E-state index in [1.165, 1.54) is 4.57 Å². The van der Waals surface area contributed by atoms with E-state index in [0.717, 1.165) is 17.7 Å². The molecule has 0 saturated carbocycles. The van der Waals surface area contributed by atoms with E-state index in [4.69, 9.17) is 4.74 Å². The zero-order valence-electron chi connectivity index (χ0n) is 12.8. The summed E-state index contributed by atoms with van der Waals surface area (Å²) in [7, 11) is 0. The number of carbonyl (C=O) groups excluding carboxylic acids is 1. The van der Waals surface area contributed by atoms with E-state index in [1.54, 1.807) is 18.3 Å². The van der Waals surface area contributed by atoms with E-state index in [9.17, 15) is 9.59 Å². The summed E-state index contributed by atoms with van der Waals surface area (Å²) in [4.78, 5) is 24.2. The van der Waals surface area contributed by atoms with Crippen LogP contribution in [0.15, 0.2) is 47.4 Å². The summed E-state index contributed by atoms with van der Waals surface area (Å²) in [5, 5.41) is 2.78. The summed E-state index contributed by atoms with van der Waals surface area (Å²) in [5.74, 6) is 0.0213. The van der Waals surface area contributed by atoms with Gasteiger partial charge in [-0.2, -0.15) is 0 Å². The molecule has 0 atom stereocenters. The predicted octanol–water partition coefficient (Wildman–Crippen LogP) is 2.58. The number of nitrogens with one attached hydrogen (secondary N) is 1. The maximum atomic E-state index is 12.2. The number of benzene rings is 1. The molecule has 0 radical (unpaired) electrons. The Bertz CT molecular complexity index is 707. The fourth-order valence-electron chi connectivity index (χ4n) is 2.04. The summed E-state index contributed by atoms with van der Waals surface area (Å²) >= 11 is 0. The molecular weight excluding hydrogens is 280 g/mol. The summed E-state index contributed by atoms with van der Waals surface area (Å²) in [6.45, 7) is 4.36. The Labute approximate surface area is 129 Å². The SMILES string of the molecule is CCCOc1cccn(CC(=O)Nc2cccc(C)c2)c1=O. The number of aromatic nitrogens is 1. The van der Waals surface area contributed by atoms with Crippen LogP contribution in [0.1, 0.15) is 18.9 Å². The first-order chi connectivity index (χ1) is 10.6. The van der Waals surface area contributed by atoms with Gasteiger partial charge in [-0.15, -0.1) is 0 Å². The lowest BCUT2D eigenvalue weighted by Gasteiger charge is -2.10. The van der Waals surface area contributed by atoms with E-state index in [0.29, 0.717) is 6.61 Å². The number of aryl methyl sites for hydroxylation is 1. The van der Waals surface area contributed by atoms with Crippen molar-refractivity contribution in [2.75, 3.05) is 11.9 Å². The number of ether oxygens (including phenoxy) is 1. The topological polar surface area (TPSA) is 60.3 Å². The second-order valence-electron chi connectivity index (χ2n) is 5.07. The molecule has 5 heteroatoms. The van der Waals surface area contributed by atoms with E-state index in [-0.39, 0.29) is 23.8 Å². The van der Waals surface area contributed by atoms with Crippen molar-refractivity contribution in [1.82, 2.24) is 4.57 Å². The second-order valence-corrected chi connectivity index (χ2v) is 5.07. The Morgan fingerprint density at radius 3 is 2.82 bits per heavy atom. The third-order valence-corrected chi connectivity index (χ3v) is 3.06. The number of amides is 1. The largest absolute Gasteiger partial charge is 0.488 e. The van der Waals surface area contributed by atoms with Crippen molar-refractivity contribution in [2.24, 2.45) is 0 Å². The third kappa shape index (κ3) is 4.22. The monoisotopic (exact) mass is 300 g/mol. The number of rotatable bonds is 6. The maximum absolute atomic E-state index is 12.2. The van der Waals surface area contributed by atoms with Crippen LogP contribution in [0.25, 0.3) is 0 Å². The summed E-state index contributed by atoms with van der Waals surface area (Å²) in [6.07, 6.45) is 2.40. The van der Waals surface area contributed by atoms with Crippen LogP contribution in [0.2, 0.25) is 0 Å². The van der Waals surface area contributed by atoms with Crippen LogP contribution in [-0.2, 0) is 11.3 Å². The fraction of sp³-hybridized carbons (Fsp3) is 0.294. The molecule has 0 unspecified atom stereocenters. The highest BCUT2D eigenvalue weighted by molar-refractivity contribution is 5.90. The van der Waals surface area contributed by atoms with Crippen molar-refractivity contribution in [2.45, 2.75) is 26.8 Å². The van der Waals surface area contributed by atoms with E-state index in [1.807, 2.05) is 38.1 Å². The molecule has 22 heavy (non-hydrogen) atoms. The van der Waals surface area contributed by atoms with Gasteiger partial charge in [0.2, 0.25) is 5.91 Å². The highest BCUT2D eigenvalue weighted by Crippen LogP contribution is 2.09. The van der Waals surface area contributed by atoms with E-state index in [2.05, 4.69) is 5.32 Å². The third-order valence-electron chi connectivity index (χ3n) is 3.06. The zero-order valence-corrected chi connectivity index (χ0v) is 12.8. The minimum Gasteiger partial charge on any atom is -0.488 e. The molecule has 2 aromatic rings. The molecule has 0 aliphatic carbocycles. The van der Waals surface area contributed by atoms with Gasteiger partial charge in [0.15, 0.2) is 5.75 Å². The predicted molar refractivity (Wildman–Crippen MR) is 86.3 cm³/mol. The molecule has 1 aromatic heterocycles. The quantitative estimate of drug-likeness (QED) is 0.892. The molecule has 1 aromatic carbocycles. The van der Waals surface area contributed by atoms with Crippen molar-refractivity contribution in [1.29, 1.82) is 0 Å². The van der Waals surface area contributed by atoms with E-state index < -0.39 is 0 Å². The first-order valence-corrected chi connectivity index (χ1v) is 7.29. The number of hydrogen-bond donors (Lipinski definition) is 1. The first kappa shape index (κ1) is 15.8. The number of nitrogens with zero attached hydrogens (tertiary/aromatic N) is 1. The summed E-state index contributed by atoms with van der Waals surface area (Å²) in [5.41, 5.74) is 1.48. The molecule has 0 bridgehead atoms. The molecular formula is C17H20N2O3. The molecule has 2 rings (SSSR count). The summed E-state index contributed by atoms with van der Waals surface area (Å²) in [6, 6.07) is 10.8. The standard InChI is InChI=1S/C17H20N2O3/c1-3-10-22-15-8-5-9-19(17(15)21)12-16(20)18-14-7-4-6-13(2)11-14/h4-9,11H,3,10,12H2,1-2H3,(H,18,20). The van der Waals surface area contributed by atoms with Crippen LogP contribution in [0.4, 0.5) is 5.69 Å². The Hall–Kier alpha value is -2.56. The zero-order chi connectivity index (χ0) is 15.9. The molecule has 0 fully saturated rings. The average molecular weight is 300 g/mol. The molecule has 5 nitrogen and oxygen atoms in total. The Morgan fingerprint density at radius 1 is 1.27 bits per heavy atom. The Balaban J connectivity index is 2.07. The smallest absolute Gasteiger partial charge is 0.293 e. The average Bonchev–Trinajstić information content (AvgIpc) is 2.48. The van der Waals surface area contributed by atoms with Crippen LogP contribution in [0.5, 0.6) is 5.75 Å². The number of carbonyl (C=O) groups is 1. The number of anilines is 1. The molecule has 1 N–H and O–H groups in total. The molecule has 0 aliphatic rings. The molecule has 0 spiro atoms. The van der Waals surface area contributed by atoms with Crippen LogP contribution >= 0.6 is 0 Å². The molecule has 0 aliphatic heterocycles. The highest BCUT2D eigenvalue weighted by atomic mass is 16.5. The lowest BCUT2D eigenvalue weighted by Crippen LogP contribution is -2.28. The van der Waals surface area contributed by atoms with Gasteiger partial charge in [-0.05, 0) is 43.2 Å². The molecule has 1 heterocycles. The minimum absolute atomic E-state index is 0.0455. The van der Waals surface area contributed by atoms with Crippen molar-refractivity contribution in [3.8, 4) is 5.75 Å². The Kier molecular flexibility index (Phi) is 5.36. The fourth-order valence-corrected chi connectivity index (χ4v) is 2.04. The van der Waals surface area contributed by atoms with Gasteiger partial charge in [-0.1, -0.05) is 19.1 Å². The minimum atomic E-state index is -0.296. The highest BCUT2D eigenvalue weighted by Gasteiger charge is 2.08. The molecule has 1 amide bonds. The second kappa shape index (κ2) is 7.45. The number of pyridine rings is 1. The van der Waals surface area contributed by atoms with Crippen molar-refractivity contribution in [3.63, 3.8) is 0 Å². The van der Waals surface area contributed by atoms with Gasteiger partial charge in [-0.3, -0.25) is 9.59 Å². The van der Waals surface area contributed by atoms with Gasteiger partial charge >= 0.3 is 0 Å². The van der Waals surface area contributed by atoms with Crippen LogP contribution in [0.3, 0.4) is 0 Å². The van der Waals surface area contributed by atoms with Crippen LogP contribution < -0.4 is 15.6 Å². The van der Waals surface area contributed by atoms with E-state index >= 15 is 0 Å². The molecule has 0 saturated heterocycles. The number of hydrogen-bond acceptors (Lipinski definition) is 3.